The molecule has 2 rings (SSSR count). The Morgan fingerprint density at radius 3 is 2.62 bits per heavy atom. The first-order chi connectivity index (χ1) is 9.90. The van der Waals surface area contributed by atoms with Crippen molar-refractivity contribution >= 4 is 23.2 Å². The fourth-order valence-corrected chi connectivity index (χ4v) is 2.56. The average Bonchev–Trinajstić information content (AvgIpc) is 2.83. The van der Waals surface area contributed by atoms with Gasteiger partial charge in [0.2, 0.25) is 0 Å². The molecule has 0 aliphatic heterocycles. The van der Waals surface area contributed by atoms with Crippen LogP contribution in [0, 0.1) is 6.92 Å². The molecule has 2 aromatic rings. The van der Waals surface area contributed by atoms with Crippen LogP contribution in [0.25, 0.3) is 0 Å². The van der Waals surface area contributed by atoms with E-state index in [1.807, 2.05) is 30.7 Å². The predicted molar refractivity (Wildman–Crippen MR) is 89.1 cm³/mol. The first-order valence-electron chi connectivity index (χ1n) is 7.07. The summed E-state index contributed by atoms with van der Waals surface area (Å²) in [6.07, 6.45) is 4.80. The van der Waals surface area contributed by atoms with E-state index in [1.165, 1.54) is 5.69 Å². The summed E-state index contributed by atoms with van der Waals surface area (Å²) in [5.41, 5.74) is 2.19. The van der Waals surface area contributed by atoms with Crippen molar-refractivity contribution in [2.24, 2.45) is 0 Å². The van der Waals surface area contributed by atoms with Gasteiger partial charge in [0.05, 0.1) is 16.4 Å². The van der Waals surface area contributed by atoms with E-state index in [-0.39, 0.29) is 5.54 Å². The summed E-state index contributed by atoms with van der Waals surface area (Å²) in [5, 5.41) is 4.75. The topological polar surface area (TPSA) is 29.9 Å². The van der Waals surface area contributed by atoms with E-state index < -0.39 is 0 Å². The molecule has 0 amide bonds. The molecule has 0 aliphatic carbocycles. The van der Waals surface area contributed by atoms with E-state index in [9.17, 15) is 0 Å². The van der Waals surface area contributed by atoms with Gasteiger partial charge in [0, 0.05) is 24.0 Å². The molecular formula is C16H21Cl2N3. The molecule has 3 nitrogen and oxygen atoms in total. The van der Waals surface area contributed by atoms with Crippen LogP contribution in [0.2, 0.25) is 10.0 Å². The van der Waals surface area contributed by atoms with Crippen LogP contribution >= 0.6 is 23.2 Å². The van der Waals surface area contributed by atoms with Gasteiger partial charge in [-0.05, 0) is 51.4 Å². The molecule has 0 radical (unpaired) electrons. The molecule has 1 N–H and O–H groups in total. The van der Waals surface area contributed by atoms with Gasteiger partial charge in [0.1, 0.15) is 0 Å². The van der Waals surface area contributed by atoms with Crippen LogP contribution in [0.3, 0.4) is 0 Å². The highest BCUT2D eigenvalue weighted by molar-refractivity contribution is 6.42. The molecule has 1 heterocycles. The Bertz CT molecular complexity index is 605. The number of hydrogen-bond acceptors (Lipinski definition) is 2. The molecule has 0 fully saturated rings. The standard InChI is InChI=1S/C16H21Cl2N3/c1-12-10-19-11-21(12)8-4-7-20-16(2,3)13-5-6-14(17)15(18)9-13/h5-6,9-11,20H,4,7-8H2,1-3H3. The van der Waals surface area contributed by atoms with Crippen molar-refractivity contribution in [1.29, 1.82) is 0 Å². The molecule has 0 saturated heterocycles. The minimum absolute atomic E-state index is 0.141. The number of benzene rings is 1. The number of imidazole rings is 1. The summed E-state index contributed by atoms with van der Waals surface area (Å²) < 4.78 is 2.16. The monoisotopic (exact) mass is 325 g/mol. The molecule has 21 heavy (non-hydrogen) atoms. The van der Waals surface area contributed by atoms with E-state index in [0.29, 0.717) is 10.0 Å². The largest absolute Gasteiger partial charge is 0.335 e. The molecule has 114 valence electrons. The zero-order valence-corrected chi connectivity index (χ0v) is 14.2. The number of nitrogens with one attached hydrogen (secondary N) is 1. The average molecular weight is 326 g/mol. The molecular weight excluding hydrogens is 305 g/mol. The van der Waals surface area contributed by atoms with Gasteiger partial charge in [-0.15, -0.1) is 0 Å². The molecule has 0 unspecified atom stereocenters. The number of aryl methyl sites for hydroxylation is 2. The van der Waals surface area contributed by atoms with Crippen molar-refractivity contribution in [3.63, 3.8) is 0 Å². The summed E-state index contributed by atoms with van der Waals surface area (Å²) in [5.74, 6) is 0. The van der Waals surface area contributed by atoms with E-state index in [1.54, 1.807) is 0 Å². The van der Waals surface area contributed by atoms with Crippen LogP contribution in [-0.2, 0) is 12.1 Å². The third-order valence-electron chi connectivity index (χ3n) is 3.70. The van der Waals surface area contributed by atoms with Gasteiger partial charge in [-0.1, -0.05) is 29.3 Å². The molecule has 0 bridgehead atoms. The van der Waals surface area contributed by atoms with Crippen molar-refractivity contribution in [1.82, 2.24) is 14.9 Å². The normalized spacial score (nSPS) is 11.9. The zero-order chi connectivity index (χ0) is 15.5. The third-order valence-corrected chi connectivity index (χ3v) is 4.44. The van der Waals surface area contributed by atoms with Crippen molar-refractivity contribution in [2.75, 3.05) is 6.54 Å². The van der Waals surface area contributed by atoms with E-state index in [0.717, 1.165) is 25.1 Å². The lowest BCUT2D eigenvalue weighted by Crippen LogP contribution is -2.37. The smallest absolute Gasteiger partial charge is 0.0948 e. The second-order valence-electron chi connectivity index (χ2n) is 5.76. The summed E-state index contributed by atoms with van der Waals surface area (Å²) in [7, 11) is 0. The summed E-state index contributed by atoms with van der Waals surface area (Å²) in [6.45, 7) is 8.26. The summed E-state index contributed by atoms with van der Waals surface area (Å²) >= 11 is 12.1. The van der Waals surface area contributed by atoms with Gasteiger partial charge >= 0.3 is 0 Å². The first kappa shape index (κ1) is 16.3. The predicted octanol–water partition coefficient (Wildman–Crippen LogP) is 4.41. The molecule has 0 atom stereocenters. The zero-order valence-electron chi connectivity index (χ0n) is 12.7. The van der Waals surface area contributed by atoms with Gasteiger partial charge in [-0.25, -0.2) is 4.98 Å². The van der Waals surface area contributed by atoms with Crippen LogP contribution < -0.4 is 5.32 Å². The molecule has 1 aromatic carbocycles. The second-order valence-corrected chi connectivity index (χ2v) is 6.58. The fourth-order valence-electron chi connectivity index (χ4n) is 2.26. The van der Waals surface area contributed by atoms with Crippen LogP contribution in [-0.4, -0.2) is 16.1 Å². The fraction of sp³-hybridized carbons (Fsp3) is 0.438. The molecule has 5 heteroatoms. The quantitative estimate of drug-likeness (QED) is 0.797. The number of halogens is 2. The highest BCUT2D eigenvalue weighted by Gasteiger charge is 2.20. The number of aromatic nitrogens is 2. The lowest BCUT2D eigenvalue weighted by atomic mass is 9.94. The lowest BCUT2D eigenvalue weighted by Gasteiger charge is -2.27. The Morgan fingerprint density at radius 2 is 2.00 bits per heavy atom. The van der Waals surface area contributed by atoms with Crippen molar-refractivity contribution in [3.05, 3.63) is 52.0 Å². The van der Waals surface area contributed by atoms with Crippen molar-refractivity contribution < 1.29 is 0 Å². The highest BCUT2D eigenvalue weighted by atomic mass is 35.5. The Morgan fingerprint density at radius 1 is 1.24 bits per heavy atom. The van der Waals surface area contributed by atoms with Crippen molar-refractivity contribution in [2.45, 2.75) is 39.3 Å². The first-order valence-corrected chi connectivity index (χ1v) is 7.83. The Kier molecular flexibility index (Phi) is 5.31. The SMILES string of the molecule is Cc1cncn1CCCNC(C)(C)c1ccc(Cl)c(Cl)c1. The van der Waals surface area contributed by atoms with Crippen LogP contribution in [0.1, 0.15) is 31.5 Å². The molecule has 0 saturated carbocycles. The highest BCUT2D eigenvalue weighted by Crippen LogP contribution is 2.28. The van der Waals surface area contributed by atoms with Crippen LogP contribution in [0.5, 0.6) is 0 Å². The number of rotatable bonds is 6. The maximum atomic E-state index is 6.10. The molecule has 0 spiro atoms. The maximum absolute atomic E-state index is 6.10. The van der Waals surface area contributed by atoms with Crippen LogP contribution in [0.4, 0.5) is 0 Å². The van der Waals surface area contributed by atoms with Gasteiger partial charge in [0.25, 0.3) is 0 Å². The summed E-state index contributed by atoms with van der Waals surface area (Å²) in [6, 6.07) is 5.79. The minimum atomic E-state index is -0.141. The van der Waals surface area contributed by atoms with Gasteiger partial charge in [-0.3, -0.25) is 0 Å². The Labute approximate surface area is 136 Å². The number of nitrogens with zero attached hydrogens (tertiary/aromatic N) is 2. The van der Waals surface area contributed by atoms with E-state index in [2.05, 4.69) is 35.6 Å². The third kappa shape index (κ3) is 4.22. The van der Waals surface area contributed by atoms with Gasteiger partial charge in [-0.2, -0.15) is 0 Å². The van der Waals surface area contributed by atoms with Gasteiger partial charge in [0.15, 0.2) is 0 Å². The minimum Gasteiger partial charge on any atom is -0.335 e. The Hall–Kier alpha value is -1.03. The van der Waals surface area contributed by atoms with Crippen LogP contribution in [0.15, 0.2) is 30.7 Å². The Balaban J connectivity index is 1.89. The number of hydrogen-bond donors (Lipinski definition) is 1. The molecule has 1 aromatic heterocycles. The van der Waals surface area contributed by atoms with Gasteiger partial charge < -0.3 is 9.88 Å². The lowest BCUT2D eigenvalue weighted by molar-refractivity contribution is 0.392. The summed E-state index contributed by atoms with van der Waals surface area (Å²) in [4.78, 5) is 4.13. The van der Waals surface area contributed by atoms with Crippen molar-refractivity contribution in [3.8, 4) is 0 Å². The second kappa shape index (κ2) is 6.82. The maximum Gasteiger partial charge on any atom is 0.0948 e. The van der Waals surface area contributed by atoms with E-state index >= 15 is 0 Å². The molecule has 0 aliphatic rings. The van der Waals surface area contributed by atoms with E-state index in [4.69, 9.17) is 23.2 Å².